The Bertz CT molecular complexity index is 622. The molecule has 1 aromatic carbocycles. The van der Waals surface area contributed by atoms with Gasteiger partial charge in [0.1, 0.15) is 0 Å². The molecule has 94 valence electrons. The first kappa shape index (κ1) is 12.4. The van der Waals surface area contributed by atoms with Crippen LogP contribution in [0.3, 0.4) is 0 Å². The summed E-state index contributed by atoms with van der Waals surface area (Å²) in [5.74, 6) is 0.435. The van der Waals surface area contributed by atoms with Gasteiger partial charge in [-0.2, -0.15) is 5.26 Å². The Hall–Kier alpha value is -2.06. The minimum absolute atomic E-state index is 0.343. The van der Waals surface area contributed by atoms with Gasteiger partial charge >= 0.3 is 0 Å². The number of nitrogen functional groups attached to an aromatic ring is 1. The number of hydrogen-bond donors (Lipinski definition) is 1. The van der Waals surface area contributed by atoms with Crippen LogP contribution in [0.2, 0.25) is 0 Å². The first-order valence-corrected chi connectivity index (χ1v) is 5.68. The van der Waals surface area contributed by atoms with Crippen molar-refractivity contribution in [3.05, 3.63) is 23.8 Å². The Labute approximate surface area is 106 Å². The fourth-order valence-corrected chi connectivity index (χ4v) is 1.82. The second-order valence-corrected chi connectivity index (χ2v) is 4.84. The number of hydrogen-bond acceptors (Lipinski definition) is 4. The molecule has 0 aliphatic carbocycles. The lowest BCUT2D eigenvalue weighted by molar-refractivity contribution is 0.00947. The zero-order chi connectivity index (χ0) is 13.3. The molecule has 0 bridgehead atoms. The zero-order valence-electron chi connectivity index (χ0n) is 10.8. The summed E-state index contributed by atoms with van der Waals surface area (Å²) in [5.41, 5.74) is 7.82. The standard InChI is InChI=1S/C13H16N4O/c1-13(2,18-3)8-17-11-6-9(7-14)4-5-10(11)16-12(17)15/h4-6H,8H2,1-3H3,(H2,15,16). The number of anilines is 1. The lowest BCUT2D eigenvalue weighted by Gasteiger charge is -2.24. The average Bonchev–Trinajstić information content (AvgIpc) is 2.65. The van der Waals surface area contributed by atoms with Crippen LogP contribution in [0.15, 0.2) is 18.2 Å². The molecule has 2 N–H and O–H groups in total. The highest BCUT2D eigenvalue weighted by Crippen LogP contribution is 2.22. The largest absolute Gasteiger partial charge is 0.377 e. The van der Waals surface area contributed by atoms with E-state index in [2.05, 4.69) is 11.1 Å². The van der Waals surface area contributed by atoms with Crippen LogP contribution in [0.1, 0.15) is 19.4 Å². The third kappa shape index (κ3) is 2.15. The number of imidazole rings is 1. The number of rotatable bonds is 3. The maximum Gasteiger partial charge on any atom is 0.201 e. The van der Waals surface area contributed by atoms with Crippen molar-refractivity contribution in [2.45, 2.75) is 26.0 Å². The highest BCUT2D eigenvalue weighted by molar-refractivity contribution is 5.79. The SMILES string of the molecule is COC(C)(C)Cn1c(N)nc2ccc(C#N)cc21. The highest BCUT2D eigenvalue weighted by Gasteiger charge is 2.20. The number of fused-ring (bicyclic) bond motifs is 1. The molecule has 0 unspecified atom stereocenters. The van der Waals surface area contributed by atoms with Gasteiger partial charge in [0.25, 0.3) is 0 Å². The van der Waals surface area contributed by atoms with Crippen molar-refractivity contribution >= 4 is 17.0 Å². The number of nitrogens with two attached hydrogens (primary N) is 1. The maximum absolute atomic E-state index is 8.94. The van der Waals surface area contributed by atoms with Crippen LogP contribution in [0.5, 0.6) is 0 Å². The Kier molecular flexibility index (Phi) is 2.97. The van der Waals surface area contributed by atoms with E-state index in [0.29, 0.717) is 18.1 Å². The second-order valence-electron chi connectivity index (χ2n) is 4.84. The van der Waals surface area contributed by atoms with Gasteiger partial charge in [0, 0.05) is 7.11 Å². The molecule has 2 aromatic rings. The average molecular weight is 244 g/mol. The summed E-state index contributed by atoms with van der Waals surface area (Å²) in [4.78, 5) is 4.28. The van der Waals surface area contributed by atoms with E-state index in [4.69, 9.17) is 15.7 Å². The molecule has 1 heterocycles. The first-order valence-electron chi connectivity index (χ1n) is 5.68. The van der Waals surface area contributed by atoms with Crippen LogP contribution in [0, 0.1) is 11.3 Å². The maximum atomic E-state index is 8.94. The molecule has 0 aliphatic heterocycles. The van der Waals surface area contributed by atoms with Gasteiger partial charge in [-0.05, 0) is 32.0 Å². The van der Waals surface area contributed by atoms with E-state index in [-0.39, 0.29) is 5.60 Å². The van der Waals surface area contributed by atoms with Crippen LogP contribution in [-0.2, 0) is 11.3 Å². The minimum Gasteiger partial charge on any atom is -0.377 e. The smallest absolute Gasteiger partial charge is 0.201 e. The van der Waals surface area contributed by atoms with E-state index < -0.39 is 0 Å². The predicted molar refractivity (Wildman–Crippen MR) is 69.9 cm³/mol. The molecule has 0 radical (unpaired) electrons. The summed E-state index contributed by atoms with van der Waals surface area (Å²) < 4.78 is 7.28. The molecule has 0 fully saturated rings. The summed E-state index contributed by atoms with van der Waals surface area (Å²) in [6.07, 6.45) is 0. The molecule has 1 aromatic heterocycles. The monoisotopic (exact) mass is 244 g/mol. The van der Waals surface area contributed by atoms with Crippen LogP contribution >= 0.6 is 0 Å². The molecular formula is C13H16N4O. The van der Waals surface area contributed by atoms with Gasteiger partial charge in [-0.1, -0.05) is 0 Å². The molecule has 0 aliphatic rings. The molecular weight excluding hydrogens is 228 g/mol. The third-order valence-electron chi connectivity index (χ3n) is 3.00. The molecule has 18 heavy (non-hydrogen) atoms. The van der Waals surface area contributed by atoms with E-state index in [1.54, 1.807) is 25.3 Å². The van der Waals surface area contributed by atoms with Gasteiger partial charge < -0.3 is 15.0 Å². The van der Waals surface area contributed by atoms with Crippen molar-refractivity contribution in [1.82, 2.24) is 9.55 Å². The number of methoxy groups -OCH3 is 1. The summed E-state index contributed by atoms with van der Waals surface area (Å²) >= 11 is 0. The Morgan fingerprint density at radius 2 is 2.22 bits per heavy atom. The van der Waals surface area contributed by atoms with Crippen molar-refractivity contribution in [3.63, 3.8) is 0 Å². The minimum atomic E-state index is -0.343. The fourth-order valence-electron chi connectivity index (χ4n) is 1.82. The summed E-state index contributed by atoms with van der Waals surface area (Å²) in [6.45, 7) is 4.54. The zero-order valence-corrected chi connectivity index (χ0v) is 10.8. The quantitative estimate of drug-likeness (QED) is 0.894. The molecule has 5 heteroatoms. The van der Waals surface area contributed by atoms with E-state index in [9.17, 15) is 0 Å². The Morgan fingerprint density at radius 1 is 1.50 bits per heavy atom. The molecule has 0 amide bonds. The van der Waals surface area contributed by atoms with Gasteiger partial charge in [-0.3, -0.25) is 0 Å². The molecule has 0 saturated carbocycles. The van der Waals surface area contributed by atoms with Crippen molar-refractivity contribution in [2.75, 3.05) is 12.8 Å². The topological polar surface area (TPSA) is 76.9 Å². The molecule has 5 nitrogen and oxygen atoms in total. The van der Waals surface area contributed by atoms with E-state index in [1.165, 1.54) is 0 Å². The number of ether oxygens (including phenoxy) is 1. The van der Waals surface area contributed by atoms with Gasteiger partial charge in [-0.25, -0.2) is 4.98 Å². The number of aromatic nitrogens is 2. The highest BCUT2D eigenvalue weighted by atomic mass is 16.5. The normalized spacial score (nSPS) is 11.7. The van der Waals surface area contributed by atoms with E-state index in [1.807, 2.05) is 18.4 Å². The van der Waals surface area contributed by atoms with Crippen LogP contribution in [0.25, 0.3) is 11.0 Å². The third-order valence-corrected chi connectivity index (χ3v) is 3.00. The fraction of sp³-hybridized carbons (Fsp3) is 0.385. The molecule has 0 saturated heterocycles. The van der Waals surface area contributed by atoms with Gasteiger partial charge in [0.05, 0.1) is 34.8 Å². The summed E-state index contributed by atoms with van der Waals surface area (Å²) in [6, 6.07) is 7.46. The van der Waals surface area contributed by atoms with Gasteiger partial charge in [0.2, 0.25) is 5.95 Å². The van der Waals surface area contributed by atoms with Crippen molar-refractivity contribution in [1.29, 1.82) is 5.26 Å². The lowest BCUT2D eigenvalue weighted by Crippen LogP contribution is -2.29. The summed E-state index contributed by atoms with van der Waals surface area (Å²) in [5, 5.41) is 8.94. The Morgan fingerprint density at radius 3 is 2.83 bits per heavy atom. The van der Waals surface area contributed by atoms with Gasteiger partial charge in [-0.15, -0.1) is 0 Å². The summed E-state index contributed by atoms with van der Waals surface area (Å²) in [7, 11) is 1.66. The molecule has 2 rings (SSSR count). The molecule has 0 spiro atoms. The van der Waals surface area contributed by atoms with Crippen LogP contribution in [0.4, 0.5) is 5.95 Å². The van der Waals surface area contributed by atoms with E-state index in [0.717, 1.165) is 11.0 Å². The van der Waals surface area contributed by atoms with Crippen molar-refractivity contribution in [3.8, 4) is 6.07 Å². The number of benzene rings is 1. The van der Waals surface area contributed by atoms with Crippen molar-refractivity contribution < 1.29 is 4.74 Å². The second kappa shape index (κ2) is 4.31. The van der Waals surface area contributed by atoms with Crippen LogP contribution in [-0.4, -0.2) is 22.3 Å². The van der Waals surface area contributed by atoms with Crippen LogP contribution < -0.4 is 5.73 Å². The van der Waals surface area contributed by atoms with Crippen molar-refractivity contribution in [2.24, 2.45) is 0 Å². The lowest BCUT2D eigenvalue weighted by atomic mass is 10.1. The Balaban J connectivity index is 2.55. The first-order chi connectivity index (χ1) is 8.46. The molecule has 0 atom stereocenters. The van der Waals surface area contributed by atoms with E-state index >= 15 is 0 Å². The van der Waals surface area contributed by atoms with Gasteiger partial charge in [0.15, 0.2) is 0 Å². The predicted octanol–water partition coefficient (Wildman–Crippen LogP) is 1.92. The number of nitriles is 1. The number of nitrogens with zero attached hydrogens (tertiary/aromatic N) is 3.